The zero-order chi connectivity index (χ0) is 33.3. The molecule has 2 saturated heterocycles. The molecule has 0 N–H and O–H groups in total. The second-order valence-corrected chi connectivity index (χ2v) is 18.4. The number of anilines is 1. The molecule has 0 radical (unpaired) electrons. The minimum Gasteiger partial charge on any atom is -0.545 e. The number of rotatable bonds is 6. The van der Waals surface area contributed by atoms with Crippen LogP contribution in [-0.2, 0) is 9.53 Å². The van der Waals surface area contributed by atoms with Crippen LogP contribution in [0, 0.1) is 22.9 Å². The number of aromatic carboxylic acids is 1. The van der Waals surface area contributed by atoms with Gasteiger partial charge < -0.3 is 19.5 Å². The van der Waals surface area contributed by atoms with Crippen molar-refractivity contribution in [2.75, 3.05) is 37.7 Å². The molecule has 0 saturated carbocycles. The normalized spacial score (nSPS) is 19.2. The molecule has 242 valence electrons. The van der Waals surface area contributed by atoms with Gasteiger partial charge >= 0.3 is 5.97 Å². The molecule has 10 heteroatoms. The fourth-order valence-corrected chi connectivity index (χ4v) is 10.2. The maximum Gasteiger partial charge on any atom is 0.314 e. The van der Waals surface area contributed by atoms with Crippen LogP contribution in [0.15, 0.2) is 47.2 Å². The number of nitrogens with zero attached hydrogens (tertiary/aromatic N) is 2. The topological polar surface area (TPSA) is 72.7 Å². The summed E-state index contributed by atoms with van der Waals surface area (Å²) in [5, 5.41) is 14.5. The molecule has 1 aliphatic carbocycles. The predicted molar refractivity (Wildman–Crippen MR) is 173 cm³/mol. The number of benzene rings is 2. The summed E-state index contributed by atoms with van der Waals surface area (Å²) in [6.07, 6.45) is 7.99. The minimum absolute atomic E-state index is 0.0579. The number of carboxylic acid groups (broad SMARTS) is 1. The van der Waals surface area contributed by atoms with E-state index in [9.17, 15) is 14.7 Å². The Kier molecular flexibility index (Phi) is 7.94. The second-order valence-electron chi connectivity index (χ2n) is 14.1. The summed E-state index contributed by atoms with van der Waals surface area (Å²) in [7, 11) is -2.52. The molecule has 6 nitrogen and oxygen atoms in total. The number of carboxylic acids is 1. The van der Waals surface area contributed by atoms with Crippen molar-refractivity contribution in [2.24, 2.45) is 5.41 Å². The maximum absolute atomic E-state index is 17.3. The largest absolute Gasteiger partial charge is 0.545 e. The van der Waals surface area contributed by atoms with Crippen molar-refractivity contribution in [3.63, 3.8) is 0 Å². The molecular weight excluding hydrogens is 609 g/mol. The van der Waals surface area contributed by atoms with Crippen LogP contribution < -0.4 is 15.2 Å². The molecule has 0 spiro atoms. The lowest BCUT2D eigenvalue weighted by atomic mass is 9.74. The van der Waals surface area contributed by atoms with Crippen molar-refractivity contribution in [3.05, 3.63) is 86.9 Å². The monoisotopic (exact) mass is 648 g/mol. The van der Waals surface area contributed by atoms with Gasteiger partial charge in [-0.3, -0.25) is 4.79 Å². The van der Waals surface area contributed by atoms with Gasteiger partial charge in [0.1, 0.15) is 27.0 Å². The third kappa shape index (κ3) is 4.96. The number of halogens is 3. The Labute approximate surface area is 268 Å². The Morgan fingerprint density at radius 2 is 1.74 bits per heavy atom. The standard InChI is InChI=1S/C36H39F3N2O4Si/c1-7-45-35(44)30(36(2,3)4)29-31(37)27(28(34(42)43)32(38)33(29)39)26-22-12-10-20(40-14-8-15-40)18-24(22)46(5,6)25-19-21(11-13-23(25)26)41-16-9-17-41/h10-13,18-19,30H,7-9,14-17H2,1-6H3. The molecule has 0 bridgehead atoms. The van der Waals surface area contributed by atoms with Crippen molar-refractivity contribution in [2.45, 2.75) is 59.5 Å². The first-order chi connectivity index (χ1) is 21.7. The van der Waals surface area contributed by atoms with E-state index in [1.807, 2.05) is 24.3 Å². The van der Waals surface area contributed by atoms with Crippen LogP contribution in [0.5, 0.6) is 0 Å². The highest BCUT2D eigenvalue weighted by molar-refractivity contribution is 6.98. The first kappa shape index (κ1) is 32.0. The van der Waals surface area contributed by atoms with Gasteiger partial charge in [0, 0.05) is 47.6 Å². The molecule has 2 aromatic rings. The van der Waals surface area contributed by atoms with Gasteiger partial charge in [-0.15, -0.1) is 0 Å². The lowest BCUT2D eigenvalue weighted by molar-refractivity contribution is -0.582. The average Bonchev–Trinajstić information content (AvgIpc) is 2.91. The zero-order valence-corrected chi connectivity index (χ0v) is 28.2. The molecule has 3 aliphatic heterocycles. The zero-order valence-electron chi connectivity index (χ0n) is 27.2. The average molecular weight is 649 g/mol. The Morgan fingerprint density at radius 3 is 2.28 bits per heavy atom. The predicted octanol–water partition coefficient (Wildman–Crippen LogP) is 4.99. The Bertz CT molecular complexity index is 1810. The lowest BCUT2D eigenvalue weighted by Gasteiger charge is -2.40. The van der Waals surface area contributed by atoms with Gasteiger partial charge in [0.15, 0.2) is 17.3 Å². The van der Waals surface area contributed by atoms with E-state index in [0.29, 0.717) is 11.1 Å². The summed E-state index contributed by atoms with van der Waals surface area (Å²) in [6.45, 7) is 14.3. The van der Waals surface area contributed by atoms with Gasteiger partial charge in [-0.1, -0.05) is 39.9 Å². The van der Waals surface area contributed by atoms with E-state index in [0.717, 1.165) is 60.8 Å². The molecule has 4 aliphatic rings. The van der Waals surface area contributed by atoms with Crippen molar-refractivity contribution < 1.29 is 37.2 Å². The van der Waals surface area contributed by atoms with E-state index in [1.54, 1.807) is 27.7 Å². The van der Waals surface area contributed by atoms with E-state index in [-0.39, 0.29) is 12.2 Å². The summed E-state index contributed by atoms with van der Waals surface area (Å²) >= 11 is 0. The maximum atomic E-state index is 17.3. The van der Waals surface area contributed by atoms with Crippen molar-refractivity contribution in [1.82, 2.24) is 0 Å². The second kappa shape index (κ2) is 11.4. The fourth-order valence-electron chi connectivity index (χ4n) is 7.12. The SMILES string of the molecule is CCOC(=O)C(c1c(F)c(F)c(C(=O)[O-])c(C2=C3C=CC(=[N+]4CCC4)C=C3[Si](C)(C)c3cc(N4CCC4)ccc32)c1F)C(C)(C)C. The molecule has 1 unspecified atom stereocenters. The van der Waals surface area contributed by atoms with Crippen LogP contribution in [0.4, 0.5) is 18.9 Å². The van der Waals surface area contributed by atoms with E-state index in [1.165, 1.54) is 0 Å². The molecule has 0 amide bonds. The van der Waals surface area contributed by atoms with Crippen LogP contribution in [0.3, 0.4) is 0 Å². The number of hydrogen-bond donors (Lipinski definition) is 0. The van der Waals surface area contributed by atoms with Crippen LogP contribution in [0.25, 0.3) is 5.57 Å². The minimum atomic E-state index is -2.52. The summed E-state index contributed by atoms with van der Waals surface area (Å²) in [4.78, 5) is 28.1. The lowest BCUT2D eigenvalue weighted by Crippen LogP contribution is -2.50. The number of ether oxygens (including phenoxy) is 1. The number of esters is 1. The van der Waals surface area contributed by atoms with Crippen LogP contribution in [-0.4, -0.2) is 63.1 Å². The quantitative estimate of drug-likeness (QED) is 0.191. The number of carbonyl (C=O) groups is 2. The molecular formula is C36H39F3N2O4Si. The van der Waals surface area contributed by atoms with Gasteiger partial charge in [-0.25, -0.2) is 17.7 Å². The molecule has 6 rings (SSSR count). The number of carbonyl (C=O) groups excluding carboxylic acids is 2. The van der Waals surface area contributed by atoms with Crippen LogP contribution >= 0.6 is 0 Å². The van der Waals surface area contributed by atoms with Crippen LogP contribution in [0.1, 0.15) is 73.5 Å². The van der Waals surface area contributed by atoms with Gasteiger partial charge in [0.05, 0.1) is 24.9 Å². The number of fused-ring (bicyclic) bond motifs is 2. The van der Waals surface area contributed by atoms with Crippen molar-refractivity contribution in [1.29, 1.82) is 0 Å². The summed E-state index contributed by atoms with van der Waals surface area (Å²) in [6, 6.07) is 5.84. The molecule has 3 heterocycles. The Morgan fingerprint density at radius 1 is 1.04 bits per heavy atom. The molecule has 2 aromatic carbocycles. The fraction of sp³-hybridized carbons (Fsp3) is 0.417. The number of hydrogen-bond acceptors (Lipinski definition) is 5. The van der Waals surface area contributed by atoms with Crippen LogP contribution in [0.2, 0.25) is 13.1 Å². The molecule has 2 fully saturated rings. The van der Waals surface area contributed by atoms with Crippen molar-refractivity contribution >= 4 is 42.2 Å². The van der Waals surface area contributed by atoms with Gasteiger partial charge in [-0.05, 0) is 64.1 Å². The van der Waals surface area contributed by atoms with Gasteiger partial charge in [-0.2, -0.15) is 0 Å². The Hall–Kier alpha value is -3.92. The summed E-state index contributed by atoms with van der Waals surface area (Å²) in [5.41, 5.74) is -0.497. The highest BCUT2D eigenvalue weighted by atomic mass is 28.3. The first-order valence-corrected chi connectivity index (χ1v) is 18.9. The third-order valence-corrected chi connectivity index (χ3v) is 13.3. The summed E-state index contributed by atoms with van der Waals surface area (Å²) in [5.74, 6) is -9.35. The van der Waals surface area contributed by atoms with E-state index in [4.69, 9.17) is 4.74 Å². The molecule has 46 heavy (non-hydrogen) atoms. The first-order valence-electron chi connectivity index (χ1n) is 15.9. The van der Waals surface area contributed by atoms with E-state index in [2.05, 4.69) is 34.7 Å². The smallest absolute Gasteiger partial charge is 0.314 e. The third-order valence-electron chi connectivity index (χ3n) is 9.82. The van der Waals surface area contributed by atoms with Gasteiger partial charge in [0.25, 0.3) is 0 Å². The van der Waals surface area contributed by atoms with E-state index < -0.39 is 65.5 Å². The van der Waals surface area contributed by atoms with Gasteiger partial charge in [0.2, 0.25) is 0 Å². The number of allylic oxidation sites excluding steroid dienone is 5. The van der Waals surface area contributed by atoms with E-state index >= 15 is 13.2 Å². The molecule has 1 atom stereocenters. The Balaban J connectivity index is 1.73. The van der Waals surface area contributed by atoms with Crippen molar-refractivity contribution in [3.8, 4) is 0 Å². The summed E-state index contributed by atoms with van der Waals surface area (Å²) < 4.78 is 56.8. The molecule has 0 aromatic heterocycles. The highest BCUT2D eigenvalue weighted by Crippen LogP contribution is 2.47. The highest BCUT2D eigenvalue weighted by Gasteiger charge is 2.45.